The smallest absolute Gasteiger partial charge is 0.163 e. The Labute approximate surface area is 156 Å². The fourth-order valence-electron chi connectivity index (χ4n) is 3.68. The van der Waals surface area contributed by atoms with Gasteiger partial charge in [0.15, 0.2) is 11.6 Å². The number of rotatable bonds is 3. The highest BCUT2D eigenvalue weighted by Crippen LogP contribution is 2.31. The number of hydrogen-bond acceptors (Lipinski definition) is 5. The van der Waals surface area contributed by atoms with Crippen LogP contribution in [0.2, 0.25) is 0 Å². The summed E-state index contributed by atoms with van der Waals surface area (Å²) in [4.78, 5) is 10.0. The molecule has 4 aromatic rings. The third kappa shape index (κ3) is 2.60. The Morgan fingerprint density at radius 3 is 2.96 bits per heavy atom. The summed E-state index contributed by atoms with van der Waals surface area (Å²) in [6, 6.07) is 6.42. The number of aromatic amines is 1. The molecule has 27 heavy (non-hydrogen) atoms. The van der Waals surface area contributed by atoms with Crippen LogP contribution in [0.15, 0.2) is 43.0 Å². The predicted octanol–water partition coefficient (Wildman–Crippen LogP) is 2.35. The Morgan fingerprint density at radius 2 is 2.22 bits per heavy atom. The van der Waals surface area contributed by atoms with E-state index in [4.69, 9.17) is 9.84 Å². The van der Waals surface area contributed by atoms with Gasteiger partial charge in [-0.05, 0) is 25.1 Å². The number of ether oxygens (including phenoxy) is 1. The van der Waals surface area contributed by atoms with Crippen molar-refractivity contribution < 1.29 is 4.74 Å². The van der Waals surface area contributed by atoms with Crippen molar-refractivity contribution in [2.75, 3.05) is 24.7 Å². The van der Waals surface area contributed by atoms with Crippen molar-refractivity contribution in [2.24, 2.45) is 7.05 Å². The molecule has 8 heteroatoms. The summed E-state index contributed by atoms with van der Waals surface area (Å²) in [5, 5.41) is 9.29. The highest BCUT2D eigenvalue weighted by molar-refractivity contribution is 5.81. The lowest BCUT2D eigenvalue weighted by Gasteiger charge is -2.34. The lowest BCUT2D eigenvalue weighted by Crippen LogP contribution is -2.44. The van der Waals surface area contributed by atoms with Crippen LogP contribution in [0.5, 0.6) is 0 Å². The molecule has 0 aliphatic carbocycles. The summed E-state index contributed by atoms with van der Waals surface area (Å²) < 4.78 is 9.42. The van der Waals surface area contributed by atoms with Crippen molar-refractivity contribution in [1.82, 2.24) is 29.4 Å². The quantitative estimate of drug-likeness (QED) is 0.605. The molecule has 1 N–H and O–H groups in total. The molecule has 0 bridgehead atoms. The molecule has 4 aromatic heterocycles. The van der Waals surface area contributed by atoms with E-state index in [1.165, 1.54) is 0 Å². The number of aromatic nitrogens is 6. The van der Waals surface area contributed by atoms with E-state index in [1.807, 2.05) is 53.2 Å². The van der Waals surface area contributed by atoms with E-state index in [2.05, 4.69) is 33.0 Å². The normalized spacial score (nSPS) is 17.7. The molecule has 8 nitrogen and oxygen atoms in total. The van der Waals surface area contributed by atoms with Crippen molar-refractivity contribution in [3.63, 3.8) is 0 Å². The van der Waals surface area contributed by atoms with E-state index in [-0.39, 0.29) is 6.04 Å². The van der Waals surface area contributed by atoms with Crippen LogP contribution in [0.3, 0.4) is 0 Å². The van der Waals surface area contributed by atoms with Gasteiger partial charge in [-0.25, -0.2) is 9.50 Å². The van der Waals surface area contributed by atoms with Crippen molar-refractivity contribution in [3.8, 4) is 22.6 Å². The first-order valence-corrected chi connectivity index (χ1v) is 9.07. The van der Waals surface area contributed by atoms with Gasteiger partial charge in [0.05, 0.1) is 36.7 Å². The third-order valence-electron chi connectivity index (χ3n) is 5.10. The maximum Gasteiger partial charge on any atom is 0.163 e. The van der Waals surface area contributed by atoms with Gasteiger partial charge in [-0.1, -0.05) is 0 Å². The highest BCUT2D eigenvalue weighted by Gasteiger charge is 2.23. The van der Waals surface area contributed by atoms with Crippen LogP contribution in [-0.2, 0) is 11.8 Å². The molecular formula is C19H21N7O. The zero-order chi connectivity index (χ0) is 18.4. The minimum Gasteiger partial charge on any atom is -0.377 e. The van der Waals surface area contributed by atoms with Gasteiger partial charge in [0.25, 0.3) is 0 Å². The van der Waals surface area contributed by atoms with E-state index in [9.17, 15) is 0 Å². The van der Waals surface area contributed by atoms with E-state index < -0.39 is 0 Å². The topological polar surface area (TPSA) is 76.3 Å². The number of imidazole rings is 1. The molecular weight excluding hydrogens is 342 g/mol. The average Bonchev–Trinajstić information content (AvgIpc) is 3.41. The second-order valence-electron chi connectivity index (χ2n) is 6.85. The third-order valence-corrected chi connectivity index (χ3v) is 5.10. The Hall–Kier alpha value is -3.13. The van der Waals surface area contributed by atoms with Gasteiger partial charge in [-0.2, -0.15) is 5.10 Å². The first-order valence-electron chi connectivity index (χ1n) is 9.07. The van der Waals surface area contributed by atoms with Crippen LogP contribution in [0.1, 0.15) is 6.92 Å². The molecule has 1 aliphatic heterocycles. The monoisotopic (exact) mass is 363 g/mol. The van der Waals surface area contributed by atoms with Crippen LogP contribution < -0.4 is 4.90 Å². The lowest BCUT2D eigenvalue weighted by atomic mass is 10.1. The summed E-state index contributed by atoms with van der Waals surface area (Å²) in [6.07, 6.45) is 7.52. The number of nitrogens with one attached hydrogen (secondary N) is 1. The van der Waals surface area contributed by atoms with Crippen LogP contribution in [0.4, 0.5) is 5.82 Å². The Balaban J connectivity index is 1.76. The predicted molar refractivity (Wildman–Crippen MR) is 103 cm³/mol. The number of anilines is 1. The number of hydrogen-bond donors (Lipinski definition) is 1. The van der Waals surface area contributed by atoms with Gasteiger partial charge < -0.3 is 14.6 Å². The first kappa shape index (κ1) is 16.1. The van der Waals surface area contributed by atoms with Gasteiger partial charge >= 0.3 is 0 Å². The lowest BCUT2D eigenvalue weighted by molar-refractivity contribution is 0.0984. The summed E-state index contributed by atoms with van der Waals surface area (Å²) in [7, 11) is 1.95. The number of aryl methyl sites for hydroxylation is 1. The summed E-state index contributed by atoms with van der Waals surface area (Å²) in [6.45, 7) is 4.39. The number of fused-ring (bicyclic) bond motifs is 1. The van der Waals surface area contributed by atoms with E-state index in [1.54, 1.807) is 0 Å². The summed E-state index contributed by atoms with van der Waals surface area (Å²) >= 11 is 0. The minimum absolute atomic E-state index is 0.266. The fraction of sp³-hybridized carbons (Fsp3) is 0.316. The van der Waals surface area contributed by atoms with Crippen molar-refractivity contribution >= 4 is 11.3 Å². The molecule has 5 rings (SSSR count). The van der Waals surface area contributed by atoms with Crippen LogP contribution in [-0.4, -0.2) is 55.2 Å². The Kier molecular flexibility index (Phi) is 3.71. The Bertz CT molecular complexity index is 1080. The van der Waals surface area contributed by atoms with Gasteiger partial charge in [0.2, 0.25) is 0 Å². The second-order valence-corrected chi connectivity index (χ2v) is 6.85. The van der Waals surface area contributed by atoms with E-state index in [0.29, 0.717) is 13.2 Å². The molecule has 1 atom stereocenters. The van der Waals surface area contributed by atoms with E-state index in [0.717, 1.165) is 40.5 Å². The van der Waals surface area contributed by atoms with Crippen LogP contribution in [0.25, 0.3) is 28.2 Å². The molecule has 0 unspecified atom stereocenters. The largest absolute Gasteiger partial charge is 0.377 e. The maximum atomic E-state index is 5.60. The molecule has 1 saturated heterocycles. The van der Waals surface area contributed by atoms with Crippen molar-refractivity contribution in [1.29, 1.82) is 0 Å². The number of nitrogens with zero attached hydrogens (tertiary/aromatic N) is 6. The number of H-pyrrole nitrogens is 1. The maximum absolute atomic E-state index is 5.60. The molecule has 0 amide bonds. The standard InChI is InChI=1S/C19H21N7O/c1-13-12-27-8-7-25(13)18-9-15(16-4-6-22-24(16)2)17-11-21-19(26(17)23-18)14-3-5-20-10-14/h3-6,9-11,13,20H,7-8,12H2,1-2H3/t13-/m1/s1. The Morgan fingerprint density at radius 1 is 1.30 bits per heavy atom. The van der Waals surface area contributed by atoms with Gasteiger partial charge in [0.1, 0.15) is 0 Å². The fourth-order valence-corrected chi connectivity index (χ4v) is 3.68. The first-order chi connectivity index (χ1) is 13.2. The molecule has 0 saturated carbocycles. The zero-order valence-corrected chi connectivity index (χ0v) is 15.3. The number of morpholine rings is 1. The SMILES string of the molecule is C[C@@H]1COCCN1c1cc(-c2ccnn2C)c2cnc(-c3cc[nH]c3)n2n1. The van der Waals surface area contributed by atoms with Crippen molar-refractivity contribution in [3.05, 3.63) is 43.0 Å². The minimum atomic E-state index is 0.266. The molecule has 138 valence electrons. The van der Waals surface area contributed by atoms with Crippen molar-refractivity contribution in [2.45, 2.75) is 13.0 Å². The average molecular weight is 363 g/mol. The van der Waals surface area contributed by atoms with Gasteiger partial charge in [-0.15, -0.1) is 5.10 Å². The molecule has 0 spiro atoms. The zero-order valence-electron chi connectivity index (χ0n) is 15.3. The molecule has 1 aliphatic rings. The van der Waals surface area contributed by atoms with Gasteiger partial charge in [-0.3, -0.25) is 4.68 Å². The van der Waals surface area contributed by atoms with E-state index >= 15 is 0 Å². The van der Waals surface area contributed by atoms with Crippen LogP contribution in [0, 0.1) is 0 Å². The molecule has 0 radical (unpaired) electrons. The summed E-state index contributed by atoms with van der Waals surface area (Å²) in [5.74, 6) is 1.74. The molecule has 0 aromatic carbocycles. The highest BCUT2D eigenvalue weighted by atomic mass is 16.5. The second kappa shape index (κ2) is 6.24. The molecule has 5 heterocycles. The van der Waals surface area contributed by atoms with Crippen LogP contribution >= 0.6 is 0 Å². The summed E-state index contributed by atoms with van der Waals surface area (Å²) in [5.41, 5.74) is 4.06. The van der Waals surface area contributed by atoms with Gasteiger partial charge in [0, 0.05) is 43.3 Å². The molecule has 1 fully saturated rings.